The zero-order valence-corrected chi connectivity index (χ0v) is 15.0. The molecule has 0 radical (unpaired) electrons. The molecule has 1 unspecified atom stereocenters. The number of pyridine rings is 1. The molecule has 0 aliphatic heterocycles. The van der Waals surface area contributed by atoms with Gasteiger partial charge in [-0.2, -0.15) is 0 Å². The van der Waals surface area contributed by atoms with Gasteiger partial charge in [0.15, 0.2) is 11.0 Å². The molecule has 0 saturated heterocycles. The Morgan fingerprint density at radius 2 is 1.74 bits per heavy atom. The third-order valence-electron chi connectivity index (χ3n) is 3.39. The number of methoxy groups -OCH3 is 1. The van der Waals surface area contributed by atoms with Gasteiger partial charge in [0.2, 0.25) is 5.88 Å². The summed E-state index contributed by atoms with van der Waals surface area (Å²) in [5, 5.41) is 0.972. The van der Waals surface area contributed by atoms with Crippen molar-refractivity contribution in [3.8, 4) is 5.88 Å². The molecule has 0 bridgehead atoms. The molecule has 1 atom stereocenters. The van der Waals surface area contributed by atoms with Crippen molar-refractivity contribution in [3.05, 3.63) is 53.9 Å². The predicted octanol–water partition coefficient (Wildman–Crippen LogP) is 4.26. The van der Waals surface area contributed by atoms with Crippen LogP contribution in [0.4, 0.5) is 0 Å². The van der Waals surface area contributed by atoms with Crippen LogP contribution in [0.15, 0.2) is 47.5 Å². The number of benzene rings is 1. The summed E-state index contributed by atoms with van der Waals surface area (Å²) in [7, 11) is 0.303. The second-order valence-corrected chi connectivity index (χ2v) is 6.26. The van der Waals surface area contributed by atoms with Crippen molar-refractivity contribution in [1.82, 2.24) is 8.96 Å². The fourth-order valence-corrected chi connectivity index (χ4v) is 3.52. The molecule has 5 heteroatoms. The topological polar surface area (TPSA) is 44.1 Å². The van der Waals surface area contributed by atoms with Crippen LogP contribution in [0.3, 0.4) is 0 Å². The van der Waals surface area contributed by atoms with E-state index in [0.717, 1.165) is 27.1 Å². The Balaban J connectivity index is 0.000000924. The highest BCUT2D eigenvalue weighted by molar-refractivity contribution is 7.83. The van der Waals surface area contributed by atoms with E-state index in [9.17, 15) is 4.21 Å². The van der Waals surface area contributed by atoms with Gasteiger partial charge in [-0.3, -0.25) is 3.97 Å². The van der Waals surface area contributed by atoms with E-state index in [-0.39, 0.29) is 0 Å². The Bertz CT molecular complexity index is 823. The first-order valence-corrected chi connectivity index (χ1v) is 8.72. The summed E-state index contributed by atoms with van der Waals surface area (Å²) >= 11 is 0. The van der Waals surface area contributed by atoms with Crippen molar-refractivity contribution in [3.63, 3.8) is 0 Å². The first kappa shape index (κ1) is 17.2. The first-order chi connectivity index (χ1) is 11.1. The van der Waals surface area contributed by atoms with Crippen molar-refractivity contribution < 1.29 is 8.95 Å². The summed E-state index contributed by atoms with van der Waals surface area (Å²) in [6.45, 7) is 7.96. The van der Waals surface area contributed by atoms with Crippen LogP contribution in [-0.2, 0) is 11.0 Å². The molecule has 0 N–H and O–H groups in total. The van der Waals surface area contributed by atoms with Crippen molar-refractivity contribution in [2.24, 2.45) is 0 Å². The highest BCUT2D eigenvalue weighted by Crippen LogP contribution is 2.25. The van der Waals surface area contributed by atoms with Crippen molar-refractivity contribution in [2.75, 3.05) is 7.11 Å². The van der Waals surface area contributed by atoms with Gasteiger partial charge in [0.1, 0.15) is 0 Å². The van der Waals surface area contributed by atoms with Crippen molar-refractivity contribution in [2.45, 2.75) is 32.6 Å². The largest absolute Gasteiger partial charge is 0.481 e. The maximum atomic E-state index is 12.8. The highest BCUT2D eigenvalue weighted by atomic mass is 32.2. The monoisotopic (exact) mass is 330 g/mol. The second-order valence-electron chi connectivity index (χ2n) is 4.93. The summed E-state index contributed by atoms with van der Waals surface area (Å²) in [5.74, 6) is 0.556. The Kier molecular flexibility index (Phi) is 5.55. The van der Waals surface area contributed by atoms with Crippen LogP contribution in [0, 0.1) is 13.8 Å². The van der Waals surface area contributed by atoms with Gasteiger partial charge in [-0.1, -0.05) is 31.5 Å². The first-order valence-electron chi connectivity index (χ1n) is 7.61. The molecule has 0 spiro atoms. The van der Waals surface area contributed by atoms with E-state index in [4.69, 9.17) is 4.74 Å². The summed E-state index contributed by atoms with van der Waals surface area (Å²) in [6.07, 6.45) is 1.70. The minimum atomic E-state index is -1.28. The second kappa shape index (κ2) is 7.42. The number of ether oxygens (including phenoxy) is 1. The lowest BCUT2D eigenvalue weighted by Gasteiger charge is -2.08. The number of nitrogens with zero attached hydrogens (tertiary/aromatic N) is 2. The summed E-state index contributed by atoms with van der Waals surface area (Å²) in [6, 6.07) is 11.6. The molecule has 2 heterocycles. The maximum absolute atomic E-state index is 12.8. The van der Waals surface area contributed by atoms with Gasteiger partial charge in [-0.25, -0.2) is 9.19 Å². The van der Waals surface area contributed by atoms with Crippen LogP contribution < -0.4 is 4.74 Å². The number of aryl methyl sites for hydroxylation is 2. The maximum Gasteiger partial charge on any atom is 0.213 e. The zero-order valence-electron chi connectivity index (χ0n) is 14.2. The van der Waals surface area contributed by atoms with Crippen molar-refractivity contribution in [1.29, 1.82) is 0 Å². The van der Waals surface area contributed by atoms with E-state index in [1.165, 1.54) is 0 Å². The molecule has 0 saturated carbocycles. The molecule has 1 aromatic carbocycles. The third kappa shape index (κ3) is 3.45. The number of hydrogen-bond donors (Lipinski definition) is 0. The summed E-state index contributed by atoms with van der Waals surface area (Å²) in [4.78, 5) is 4.99. The molecule has 4 nitrogen and oxygen atoms in total. The fourth-order valence-electron chi connectivity index (χ4n) is 2.29. The van der Waals surface area contributed by atoms with Gasteiger partial charge in [0.25, 0.3) is 0 Å². The fraction of sp³-hybridized carbons (Fsp3) is 0.278. The SMILES string of the molecule is CC.COc1cc2cc(C)n(S(=O)c3ccc(C)cc3)c2cn1. The van der Waals surface area contributed by atoms with E-state index in [1.807, 2.05) is 64.1 Å². The van der Waals surface area contributed by atoms with Gasteiger partial charge in [-0.15, -0.1) is 0 Å². The molecule has 0 fully saturated rings. The molecule has 2 aromatic heterocycles. The normalized spacial score (nSPS) is 11.7. The van der Waals surface area contributed by atoms with Crippen LogP contribution in [0.2, 0.25) is 0 Å². The van der Waals surface area contributed by atoms with Crippen LogP contribution in [0.5, 0.6) is 5.88 Å². The van der Waals surface area contributed by atoms with Gasteiger partial charge in [0.05, 0.1) is 23.7 Å². The molecule has 0 amide bonds. The molecular formula is C18H22N2O2S. The lowest BCUT2D eigenvalue weighted by Crippen LogP contribution is -2.06. The Labute approximate surface area is 139 Å². The molecule has 0 aliphatic rings. The van der Waals surface area contributed by atoms with Gasteiger partial charge in [0, 0.05) is 17.1 Å². The van der Waals surface area contributed by atoms with Gasteiger partial charge >= 0.3 is 0 Å². The lowest BCUT2D eigenvalue weighted by atomic mass is 10.2. The Hall–Kier alpha value is -2.14. The van der Waals surface area contributed by atoms with Gasteiger partial charge < -0.3 is 4.74 Å². The lowest BCUT2D eigenvalue weighted by molar-refractivity contribution is 0.398. The van der Waals surface area contributed by atoms with Crippen LogP contribution in [-0.4, -0.2) is 20.3 Å². The average molecular weight is 330 g/mol. The minimum Gasteiger partial charge on any atom is -0.481 e. The number of hydrogen-bond acceptors (Lipinski definition) is 3. The third-order valence-corrected chi connectivity index (χ3v) is 4.88. The molecular weight excluding hydrogens is 308 g/mol. The predicted molar refractivity (Wildman–Crippen MR) is 95.4 cm³/mol. The number of rotatable bonds is 3. The molecule has 0 aliphatic carbocycles. The highest BCUT2D eigenvalue weighted by Gasteiger charge is 2.14. The van der Waals surface area contributed by atoms with Crippen LogP contribution >= 0.6 is 0 Å². The number of fused-ring (bicyclic) bond motifs is 1. The number of aromatic nitrogens is 2. The van der Waals surface area contributed by atoms with E-state index in [2.05, 4.69) is 4.98 Å². The molecule has 3 aromatic rings. The van der Waals surface area contributed by atoms with E-state index in [0.29, 0.717) is 5.88 Å². The zero-order chi connectivity index (χ0) is 17.0. The molecule has 23 heavy (non-hydrogen) atoms. The quantitative estimate of drug-likeness (QED) is 0.721. The standard InChI is InChI=1S/C16H16N2O2S.C2H6/c1-11-4-6-14(7-5-11)21(19)18-12(2)8-13-9-16(20-3)17-10-15(13)18;1-2/h4-10H,1-3H3;1-2H3. The van der Waals surface area contributed by atoms with Crippen LogP contribution in [0.25, 0.3) is 10.9 Å². The van der Waals surface area contributed by atoms with Crippen LogP contribution in [0.1, 0.15) is 25.1 Å². The molecule has 122 valence electrons. The Morgan fingerprint density at radius 1 is 1.09 bits per heavy atom. The molecule has 3 rings (SSSR count). The van der Waals surface area contributed by atoms with E-state index in [1.54, 1.807) is 17.3 Å². The van der Waals surface area contributed by atoms with Crippen molar-refractivity contribution >= 4 is 21.9 Å². The summed E-state index contributed by atoms with van der Waals surface area (Å²) < 4.78 is 19.8. The average Bonchev–Trinajstić information content (AvgIpc) is 2.91. The van der Waals surface area contributed by atoms with Gasteiger partial charge in [-0.05, 0) is 32.0 Å². The smallest absolute Gasteiger partial charge is 0.213 e. The minimum absolute atomic E-state index is 0.556. The van der Waals surface area contributed by atoms with E-state index < -0.39 is 11.0 Å². The summed E-state index contributed by atoms with van der Waals surface area (Å²) in [5.41, 5.74) is 2.92. The van der Waals surface area contributed by atoms with E-state index >= 15 is 0 Å². The Morgan fingerprint density at radius 3 is 2.35 bits per heavy atom.